The second kappa shape index (κ2) is 8.86. The standard InChI is InChI=1S/C21H13F4N7O3/c22-13-4-11(3-12(5-13)21(23,24)25)19(34)31-17-14-8-28-16(33)9-32(14)18(30-17)20(35)29-15-2-1-10(6-26)7-27-15/h1-5,7H,8-9H2,(H,28,33)(H,31,34)(H,27,29,35). The number of carbonyl (C=O) groups excluding carboxylic acids is 3. The number of benzene rings is 1. The Labute approximate surface area is 193 Å². The van der Waals surface area contributed by atoms with Gasteiger partial charge in [-0.05, 0) is 30.3 Å². The van der Waals surface area contributed by atoms with Crippen LogP contribution in [0.5, 0.6) is 0 Å². The number of nitrogens with one attached hydrogen (secondary N) is 3. The number of halogens is 4. The molecule has 1 aliphatic heterocycles. The zero-order valence-corrected chi connectivity index (χ0v) is 17.4. The molecule has 14 heteroatoms. The van der Waals surface area contributed by atoms with Crippen molar-refractivity contribution < 1.29 is 31.9 Å². The van der Waals surface area contributed by atoms with E-state index in [1.807, 2.05) is 6.07 Å². The van der Waals surface area contributed by atoms with Crippen molar-refractivity contribution in [1.29, 1.82) is 5.26 Å². The Kier molecular flexibility index (Phi) is 5.91. The van der Waals surface area contributed by atoms with Crippen molar-refractivity contribution in [1.82, 2.24) is 19.9 Å². The number of aromatic nitrogens is 3. The van der Waals surface area contributed by atoms with E-state index in [-0.39, 0.29) is 47.9 Å². The third kappa shape index (κ3) is 4.93. The first-order chi connectivity index (χ1) is 16.5. The number of pyridine rings is 1. The van der Waals surface area contributed by atoms with E-state index in [2.05, 4.69) is 25.9 Å². The molecule has 0 unspecified atom stereocenters. The number of anilines is 2. The Morgan fingerprint density at radius 1 is 1.14 bits per heavy atom. The van der Waals surface area contributed by atoms with E-state index < -0.39 is 40.8 Å². The summed E-state index contributed by atoms with van der Waals surface area (Å²) in [6, 6.07) is 6.01. The van der Waals surface area contributed by atoms with E-state index in [4.69, 9.17) is 5.26 Å². The van der Waals surface area contributed by atoms with Gasteiger partial charge in [0.1, 0.15) is 24.2 Å². The fourth-order valence-electron chi connectivity index (χ4n) is 3.26. The summed E-state index contributed by atoms with van der Waals surface area (Å²) in [5.41, 5.74) is -1.51. The van der Waals surface area contributed by atoms with Gasteiger partial charge in [0, 0.05) is 11.8 Å². The highest BCUT2D eigenvalue weighted by Crippen LogP contribution is 2.31. The number of alkyl halides is 3. The summed E-state index contributed by atoms with van der Waals surface area (Å²) in [7, 11) is 0. The average Bonchev–Trinajstić information content (AvgIpc) is 3.16. The van der Waals surface area contributed by atoms with Crippen LogP contribution < -0.4 is 16.0 Å². The van der Waals surface area contributed by atoms with Crippen LogP contribution in [0.15, 0.2) is 36.5 Å². The van der Waals surface area contributed by atoms with Crippen molar-refractivity contribution in [2.45, 2.75) is 19.3 Å². The third-order valence-corrected chi connectivity index (χ3v) is 4.88. The number of carbonyl (C=O) groups is 3. The summed E-state index contributed by atoms with van der Waals surface area (Å²) < 4.78 is 53.9. The van der Waals surface area contributed by atoms with Crippen molar-refractivity contribution in [3.63, 3.8) is 0 Å². The summed E-state index contributed by atoms with van der Waals surface area (Å²) in [6.07, 6.45) is -3.65. The molecule has 0 saturated heterocycles. The van der Waals surface area contributed by atoms with Crippen molar-refractivity contribution >= 4 is 29.4 Å². The van der Waals surface area contributed by atoms with Gasteiger partial charge < -0.3 is 20.5 Å². The number of hydrogen-bond donors (Lipinski definition) is 3. The topological polar surface area (TPSA) is 142 Å². The van der Waals surface area contributed by atoms with Crippen LogP contribution >= 0.6 is 0 Å². The van der Waals surface area contributed by atoms with Gasteiger partial charge in [-0.3, -0.25) is 14.4 Å². The molecular weight excluding hydrogens is 474 g/mol. The van der Waals surface area contributed by atoms with Gasteiger partial charge in [-0.1, -0.05) is 0 Å². The van der Waals surface area contributed by atoms with Gasteiger partial charge in [-0.25, -0.2) is 14.4 Å². The molecule has 0 atom stereocenters. The molecule has 0 fully saturated rings. The summed E-state index contributed by atoms with van der Waals surface area (Å²) >= 11 is 0. The van der Waals surface area contributed by atoms with Crippen molar-refractivity contribution in [3.8, 4) is 6.07 Å². The molecule has 0 saturated carbocycles. The highest BCUT2D eigenvalue weighted by atomic mass is 19.4. The molecule has 178 valence electrons. The fraction of sp³-hybridized carbons (Fsp3) is 0.143. The molecule has 0 radical (unpaired) electrons. The number of nitrogens with zero attached hydrogens (tertiary/aromatic N) is 4. The molecule has 3 heterocycles. The van der Waals surface area contributed by atoms with Crippen LogP contribution in [0.3, 0.4) is 0 Å². The van der Waals surface area contributed by atoms with Gasteiger partial charge in [0.15, 0.2) is 5.82 Å². The van der Waals surface area contributed by atoms with Gasteiger partial charge in [0.05, 0.1) is 23.4 Å². The molecule has 0 bridgehead atoms. The Morgan fingerprint density at radius 2 is 1.91 bits per heavy atom. The summed E-state index contributed by atoms with van der Waals surface area (Å²) in [5, 5.41) is 16.1. The minimum absolute atomic E-state index is 0.0802. The van der Waals surface area contributed by atoms with E-state index in [1.165, 1.54) is 22.9 Å². The van der Waals surface area contributed by atoms with E-state index in [9.17, 15) is 31.9 Å². The van der Waals surface area contributed by atoms with E-state index in [0.717, 1.165) is 0 Å². The molecule has 2 aromatic heterocycles. The minimum atomic E-state index is -4.88. The van der Waals surface area contributed by atoms with Gasteiger partial charge in [-0.2, -0.15) is 18.4 Å². The quantitative estimate of drug-likeness (QED) is 0.483. The largest absolute Gasteiger partial charge is 0.416 e. The number of amides is 3. The zero-order valence-electron chi connectivity index (χ0n) is 17.4. The molecule has 35 heavy (non-hydrogen) atoms. The molecule has 3 amide bonds. The van der Waals surface area contributed by atoms with Crippen LogP contribution in [0.2, 0.25) is 0 Å². The highest BCUT2D eigenvalue weighted by molar-refractivity contribution is 6.06. The Hall–Kier alpha value is -4.80. The molecule has 3 N–H and O–H groups in total. The van der Waals surface area contributed by atoms with Crippen LogP contribution in [-0.2, 0) is 24.1 Å². The molecule has 10 nitrogen and oxygen atoms in total. The fourth-order valence-corrected chi connectivity index (χ4v) is 3.26. The number of hydrogen-bond acceptors (Lipinski definition) is 6. The maximum Gasteiger partial charge on any atom is 0.416 e. The van der Waals surface area contributed by atoms with Crippen LogP contribution in [-0.4, -0.2) is 32.3 Å². The molecule has 0 aliphatic carbocycles. The third-order valence-electron chi connectivity index (χ3n) is 4.88. The van der Waals surface area contributed by atoms with Crippen LogP contribution in [0.25, 0.3) is 0 Å². The molecule has 1 aliphatic rings. The van der Waals surface area contributed by atoms with Gasteiger partial charge in [-0.15, -0.1) is 0 Å². The predicted octanol–water partition coefficient (Wildman–Crippen LogP) is 2.44. The zero-order chi connectivity index (χ0) is 25.3. The van der Waals surface area contributed by atoms with E-state index >= 15 is 0 Å². The first kappa shape index (κ1) is 23.4. The second-order valence-electron chi connectivity index (χ2n) is 7.27. The van der Waals surface area contributed by atoms with Crippen LogP contribution in [0.1, 0.15) is 37.8 Å². The molecule has 0 spiro atoms. The van der Waals surface area contributed by atoms with Gasteiger partial charge in [0.25, 0.3) is 11.8 Å². The smallest absolute Gasteiger partial charge is 0.349 e. The lowest BCUT2D eigenvalue weighted by atomic mass is 10.1. The van der Waals surface area contributed by atoms with E-state index in [0.29, 0.717) is 12.1 Å². The van der Waals surface area contributed by atoms with Crippen LogP contribution in [0, 0.1) is 17.1 Å². The number of nitriles is 1. The molecule has 1 aromatic carbocycles. The lowest BCUT2D eigenvalue weighted by Crippen LogP contribution is -2.36. The Balaban J connectivity index is 1.64. The predicted molar refractivity (Wildman–Crippen MR) is 110 cm³/mol. The lowest BCUT2D eigenvalue weighted by Gasteiger charge is -2.18. The van der Waals surface area contributed by atoms with E-state index in [1.54, 1.807) is 0 Å². The Bertz CT molecular complexity index is 1390. The first-order valence-corrected chi connectivity index (χ1v) is 9.78. The maximum absolute atomic E-state index is 13.7. The van der Waals surface area contributed by atoms with Gasteiger partial charge in [0.2, 0.25) is 11.7 Å². The maximum atomic E-state index is 13.7. The summed E-state index contributed by atoms with van der Waals surface area (Å²) in [4.78, 5) is 45.2. The SMILES string of the molecule is N#Cc1ccc(NC(=O)c2nc(NC(=O)c3cc(F)cc(C(F)(F)F)c3)c3n2CC(=O)NC3)nc1. The van der Waals surface area contributed by atoms with Crippen molar-refractivity contribution in [3.05, 3.63) is 70.6 Å². The summed E-state index contributed by atoms with van der Waals surface area (Å²) in [5.74, 6) is -4.02. The van der Waals surface area contributed by atoms with Crippen molar-refractivity contribution in [2.75, 3.05) is 10.6 Å². The minimum Gasteiger partial charge on any atom is -0.349 e. The molecule has 3 aromatic rings. The first-order valence-electron chi connectivity index (χ1n) is 9.78. The van der Waals surface area contributed by atoms with Crippen molar-refractivity contribution in [2.24, 2.45) is 0 Å². The average molecular weight is 487 g/mol. The second-order valence-corrected chi connectivity index (χ2v) is 7.27. The lowest BCUT2D eigenvalue weighted by molar-refractivity contribution is -0.137. The van der Waals surface area contributed by atoms with Crippen LogP contribution in [0.4, 0.5) is 29.2 Å². The molecule has 4 rings (SSSR count). The highest BCUT2D eigenvalue weighted by Gasteiger charge is 2.33. The molecular formula is C21H13F4N7O3. The number of imidazole rings is 1. The Morgan fingerprint density at radius 3 is 2.57 bits per heavy atom. The monoisotopic (exact) mass is 487 g/mol. The normalized spacial score (nSPS) is 12.8. The summed E-state index contributed by atoms with van der Waals surface area (Å²) in [6.45, 7) is -0.458. The number of fused-ring (bicyclic) bond motifs is 1. The number of rotatable bonds is 4. The van der Waals surface area contributed by atoms with Gasteiger partial charge >= 0.3 is 6.18 Å².